The molecular formula is C13H28IN7O. The molecule has 0 fully saturated rings. The summed E-state index contributed by atoms with van der Waals surface area (Å²) in [7, 11) is 5.65. The second-order valence-electron chi connectivity index (χ2n) is 4.72. The molecular weight excluding hydrogens is 397 g/mol. The Morgan fingerprint density at radius 3 is 2.77 bits per heavy atom. The first kappa shape index (κ1) is 21.1. The van der Waals surface area contributed by atoms with Crippen molar-refractivity contribution >= 4 is 29.9 Å². The van der Waals surface area contributed by atoms with Gasteiger partial charge < -0.3 is 20.3 Å². The third-order valence-corrected chi connectivity index (χ3v) is 2.99. The number of guanidine groups is 1. The van der Waals surface area contributed by atoms with Gasteiger partial charge in [-0.15, -0.1) is 24.0 Å². The number of methoxy groups -OCH3 is 1. The van der Waals surface area contributed by atoms with E-state index in [0.29, 0.717) is 6.54 Å². The molecule has 0 aliphatic rings. The van der Waals surface area contributed by atoms with Gasteiger partial charge in [0.2, 0.25) is 0 Å². The third kappa shape index (κ3) is 8.49. The van der Waals surface area contributed by atoms with Crippen LogP contribution >= 0.6 is 24.0 Å². The van der Waals surface area contributed by atoms with E-state index in [4.69, 9.17) is 4.74 Å². The minimum absolute atomic E-state index is 0. The van der Waals surface area contributed by atoms with Gasteiger partial charge >= 0.3 is 0 Å². The number of nitrogens with one attached hydrogen (secondary N) is 2. The average molecular weight is 425 g/mol. The molecule has 0 aliphatic carbocycles. The minimum Gasteiger partial charge on any atom is -0.383 e. The van der Waals surface area contributed by atoms with E-state index in [1.165, 1.54) is 6.33 Å². The quantitative estimate of drug-likeness (QED) is 0.331. The highest BCUT2D eigenvalue weighted by molar-refractivity contribution is 14.0. The van der Waals surface area contributed by atoms with Crippen LogP contribution in [0, 0.1) is 0 Å². The zero-order valence-electron chi connectivity index (χ0n) is 13.9. The number of aliphatic imine (C=N–C) groups is 1. The Kier molecular flexibility index (Phi) is 12.1. The van der Waals surface area contributed by atoms with Gasteiger partial charge in [0.05, 0.1) is 6.61 Å². The molecule has 0 atom stereocenters. The smallest absolute Gasteiger partial charge is 0.191 e. The van der Waals surface area contributed by atoms with Gasteiger partial charge in [-0.3, -0.25) is 4.68 Å². The second-order valence-corrected chi connectivity index (χ2v) is 4.72. The minimum atomic E-state index is 0. The van der Waals surface area contributed by atoms with Crippen LogP contribution in [0.25, 0.3) is 0 Å². The first-order valence-corrected chi connectivity index (χ1v) is 7.20. The van der Waals surface area contributed by atoms with Crippen molar-refractivity contribution in [3.8, 4) is 0 Å². The first-order chi connectivity index (χ1) is 10.2. The number of hydrogen-bond donors (Lipinski definition) is 2. The Labute approximate surface area is 149 Å². The standard InChI is InChI=1S/C13H27N7O.HI/c1-5-14-13(15-6-7-19(2)8-9-21-4)16-10-12-17-11-18-20(12)3;/h11H,5-10H2,1-4H3,(H2,14,15,16);1H. The Morgan fingerprint density at radius 2 is 2.18 bits per heavy atom. The van der Waals surface area contributed by atoms with Crippen molar-refractivity contribution in [2.24, 2.45) is 12.0 Å². The molecule has 22 heavy (non-hydrogen) atoms. The molecule has 9 heteroatoms. The predicted octanol–water partition coefficient (Wildman–Crippen LogP) is 0.0664. The van der Waals surface area contributed by atoms with E-state index < -0.39 is 0 Å². The van der Waals surface area contributed by atoms with E-state index in [0.717, 1.165) is 44.6 Å². The first-order valence-electron chi connectivity index (χ1n) is 7.20. The van der Waals surface area contributed by atoms with E-state index in [1.807, 2.05) is 14.0 Å². The fraction of sp³-hybridized carbons (Fsp3) is 0.769. The molecule has 0 bridgehead atoms. The lowest BCUT2D eigenvalue weighted by Gasteiger charge is -2.17. The number of ether oxygens (including phenoxy) is 1. The number of aryl methyl sites for hydroxylation is 1. The summed E-state index contributed by atoms with van der Waals surface area (Å²) < 4.78 is 6.78. The van der Waals surface area contributed by atoms with E-state index in [-0.39, 0.29) is 24.0 Å². The van der Waals surface area contributed by atoms with Gasteiger partial charge in [0.15, 0.2) is 5.96 Å². The van der Waals surface area contributed by atoms with Crippen LogP contribution in [0.2, 0.25) is 0 Å². The van der Waals surface area contributed by atoms with E-state index in [9.17, 15) is 0 Å². The number of halogens is 1. The Hall–Kier alpha value is -0.940. The van der Waals surface area contributed by atoms with Crippen molar-refractivity contribution in [1.82, 2.24) is 30.3 Å². The summed E-state index contributed by atoms with van der Waals surface area (Å²) >= 11 is 0. The highest BCUT2D eigenvalue weighted by atomic mass is 127. The molecule has 0 saturated carbocycles. The number of aromatic nitrogens is 3. The third-order valence-electron chi connectivity index (χ3n) is 2.99. The van der Waals surface area contributed by atoms with Crippen molar-refractivity contribution in [2.45, 2.75) is 13.5 Å². The number of nitrogens with zero attached hydrogens (tertiary/aromatic N) is 5. The summed E-state index contributed by atoms with van der Waals surface area (Å²) in [5.41, 5.74) is 0. The molecule has 0 aromatic carbocycles. The Balaban J connectivity index is 0.00000441. The lowest BCUT2D eigenvalue weighted by molar-refractivity contribution is 0.162. The van der Waals surface area contributed by atoms with Gasteiger partial charge in [0, 0.05) is 40.3 Å². The topological polar surface area (TPSA) is 79.6 Å². The molecule has 0 unspecified atom stereocenters. The summed E-state index contributed by atoms with van der Waals surface area (Å²) in [5.74, 6) is 1.63. The van der Waals surface area contributed by atoms with Gasteiger partial charge in [-0.2, -0.15) is 5.10 Å². The maximum Gasteiger partial charge on any atom is 0.191 e. The summed E-state index contributed by atoms with van der Waals surface area (Å²) in [6.07, 6.45) is 1.54. The van der Waals surface area contributed by atoms with Crippen LogP contribution in [-0.2, 0) is 18.3 Å². The zero-order valence-corrected chi connectivity index (χ0v) is 16.2. The number of likely N-dealkylation sites (N-methyl/N-ethyl adjacent to an activating group) is 1. The molecule has 8 nitrogen and oxygen atoms in total. The van der Waals surface area contributed by atoms with E-state index >= 15 is 0 Å². The van der Waals surface area contributed by atoms with Gasteiger partial charge in [0.1, 0.15) is 18.7 Å². The van der Waals surface area contributed by atoms with Crippen LogP contribution in [0.4, 0.5) is 0 Å². The number of rotatable bonds is 9. The highest BCUT2D eigenvalue weighted by Gasteiger charge is 2.02. The molecule has 2 N–H and O–H groups in total. The summed E-state index contributed by atoms with van der Waals surface area (Å²) in [6.45, 7) is 6.80. The van der Waals surface area contributed by atoms with Gasteiger partial charge in [0.25, 0.3) is 0 Å². The predicted molar refractivity (Wildman–Crippen MR) is 98.6 cm³/mol. The van der Waals surface area contributed by atoms with Crippen molar-refractivity contribution < 1.29 is 4.74 Å². The molecule has 0 amide bonds. The Bertz CT molecular complexity index is 424. The van der Waals surface area contributed by atoms with Crippen molar-refractivity contribution in [1.29, 1.82) is 0 Å². The lowest BCUT2D eigenvalue weighted by atomic mass is 10.5. The van der Waals surface area contributed by atoms with Gasteiger partial charge in [-0.25, -0.2) is 9.98 Å². The van der Waals surface area contributed by atoms with Crippen molar-refractivity contribution in [2.75, 3.05) is 46.9 Å². The molecule has 0 saturated heterocycles. The monoisotopic (exact) mass is 425 g/mol. The van der Waals surface area contributed by atoms with Crippen LogP contribution in [0.3, 0.4) is 0 Å². The number of hydrogen-bond acceptors (Lipinski definition) is 5. The van der Waals surface area contributed by atoms with Crippen molar-refractivity contribution in [3.63, 3.8) is 0 Å². The zero-order chi connectivity index (χ0) is 15.5. The molecule has 0 aliphatic heterocycles. The molecule has 1 aromatic rings. The van der Waals surface area contributed by atoms with Gasteiger partial charge in [-0.1, -0.05) is 0 Å². The van der Waals surface area contributed by atoms with Crippen molar-refractivity contribution in [3.05, 3.63) is 12.2 Å². The maximum absolute atomic E-state index is 5.06. The fourth-order valence-corrected chi connectivity index (χ4v) is 1.68. The van der Waals surface area contributed by atoms with Crippen LogP contribution in [0.1, 0.15) is 12.7 Å². The summed E-state index contributed by atoms with van der Waals surface area (Å²) in [6, 6.07) is 0. The molecule has 0 radical (unpaired) electrons. The maximum atomic E-state index is 5.06. The molecule has 1 aromatic heterocycles. The second kappa shape index (κ2) is 12.6. The van der Waals surface area contributed by atoms with Crippen LogP contribution < -0.4 is 10.6 Å². The van der Waals surface area contributed by atoms with Crippen LogP contribution in [0.15, 0.2) is 11.3 Å². The molecule has 128 valence electrons. The molecule has 1 heterocycles. The SMILES string of the molecule is CCNC(=NCc1ncnn1C)NCCN(C)CCOC.I. The van der Waals surface area contributed by atoms with Crippen LogP contribution in [0.5, 0.6) is 0 Å². The normalized spacial score (nSPS) is 11.4. The highest BCUT2D eigenvalue weighted by Crippen LogP contribution is 1.93. The Morgan fingerprint density at radius 1 is 1.41 bits per heavy atom. The molecule has 0 spiro atoms. The fourth-order valence-electron chi connectivity index (χ4n) is 1.68. The summed E-state index contributed by atoms with van der Waals surface area (Å²) in [5, 5.41) is 10.6. The van der Waals surface area contributed by atoms with E-state index in [1.54, 1.807) is 11.8 Å². The van der Waals surface area contributed by atoms with Gasteiger partial charge in [-0.05, 0) is 14.0 Å². The largest absolute Gasteiger partial charge is 0.383 e. The molecule has 1 rings (SSSR count). The average Bonchev–Trinajstić information content (AvgIpc) is 2.88. The van der Waals surface area contributed by atoms with Crippen LogP contribution in [-0.4, -0.2) is 72.6 Å². The summed E-state index contributed by atoms with van der Waals surface area (Å²) in [4.78, 5) is 10.9. The van der Waals surface area contributed by atoms with E-state index in [2.05, 4.69) is 37.7 Å². The lowest BCUT2D eigenvalue weighted by Crippen LogP contribution is -2.41.